The summed E-state index contributed by atoms with van der Waals surface area (Å²) in [5.74, 6) is 1.06. The number of aromatic nitrogens is 4. The summed E-state index contributed by atoms with van der Waals surface area (Å²) < 4.78 is 2.00. The van der Waals surface area contributed by atoms with Gasteiger partial charge in [0.15, 0.2) is 10.3 Å². The quantitative estimate of drug-likeness (QED) is 0.651. The first-order valence-corrected chi connectivity index (χ1v) is 10.1. The van der Waals surface area contributed by atoms with E-state index in [1.807, 2.05) is 40.3 Å². The maximum atomic E-state index is 12.1. The minimum Gasteiger partial charge on any atom is -0.368 e. The van der Waals surface area contributed by atoms with E-state index < -0.39 is 0 Å². The fourth-order valence-electron chi connectivity index (χ4n) is 2.67. The van der Waals surface area contributed by atoms with E-state index in [0.29, 0.717) is 22.9 Å². The minimum absolute atomic E-state index is 0.0639. The predicted octanol–water partition coefficient (Wildman–Crippen LogP) is 3.63. The van der Waals surface area contributed by atoms with E-state index >= 15 is 0 Å². The number of nitrogens with zero attached hydrogens (tertiary/aromatic N) is 5. The Morgan fingerprint density at radius 3 is 2.81 bits per heavy atom. The number of thioether (sulfide) groups is 1. The second-order valence-electron chi connectivity index (χ2n) is 6.04. The van der Waals surface area contributed by atoms with Gasteiger partial charge in [0.1, 0.15) is 0 Å². The summed E-state index contributed by atoms with van der Waals surface area (Å²) in [5, 5.41) is 11.6. The molecule has 1 aliphatic carbocycles. The van der Waals surface area contributed by atoms with Crippen LogP contribution < -0.4 is 10.6 Å². The van der Waals surface area contributed by atoms with E-state index in [1.165, 1.54) is 11.3 Å². The van der Waals surface area contributed by atoms with Gasteiger partial charge in [-0.15, -0.1) is 21.5 Å². The Morgan fingerprint density at radius 2 is 2.12 bits per heavy atom. The van der Waals surface area contributed by atoms with Crippen molar-refractivity contribution < 1.29 is 4.79 Å². The van der Waals surface area contributed by atoms with E-state index in [0.717, 1.165) is 29.4 Å². The van der Waals surface area contributed by atoms with Crippen LogP contribution in [0.4, 0.5) is 16.8 Å². The lowest BCUT2D eigenvalue weighted by atomic mass is 10.3. The zero-order chi connectivity index (χ0) is 18.1. The first-order valence-electron chi connectivity index (χ1n) is 8.27. The van der Waals surface area contributed by atoms with E-state index in [9.17, 15) is 4.79 Å². The average Bonchev–Trinajstić information content (AvgIpc) is 3.24. The van der Waals surface area contributed by atoms with Crippen LogP contribution in [0.25, 0.3) is 0 Å². The number of para-hydroxylation sites is 1. The number of amides is 1. The number of carbonyl (C=O) groups is 1. The van der Waals surface area contributed by atoms with Gasteiger partial charge >= 0.3 is 0 Å². The van der Waals surface area contributed by atoms with Crippen molar-refractivity contribution in [3.8, 4) is 0 Å². The first kappa shape index (κ1) is 17.0. The molecule has 9 heteroatoms. The Morgan fingerprint density at radius 1 is 1.35 bits per heavy atom. The highest BCUT2D eigenvalue weighted by atomic mass is 32.2. The fourth-order valence-corrected chi connectivity index (χ4v) is 4.57. The molecule has 4 rings (SSSR count). The molecule has 1 aromatic carbocycles. The highest BCUT2D eigenvalue weighted by Crippen LogP contribution is 2.40. The fraction of sp³-hybridized carbons (Fsp3) is 0.294. The summed E-state index contributed by atoms with van der Waals surface area (Å²) >= 11 is 3.03. The van der Waals surface area contributed by atoms with Crippen molar-refractivity contribution in [1.29, 1.82) is 0 Å². The highest BCUT2D eigenvalue weighted by molar-refractivity contribution is 7.98. The van der Waals surface area contributed by atoms with Gasteiger partial charge in [0.05, 0.1) is 11.4 Å². The first-order chi connectivity index (χ1) is 12.6. The number of rotatable bonds is 6. The molecule has 2 N–H and O–H groups in total. The molecule has 7 nitrogen and oxygen atoms in total. The summed E-state index contributed by atoms with van der Waals surface area (Å²) in [4.78, 5) is 18.4. The summed E-state index contributed by atoms with van der Waals surface area (Å²) in [5.41, 5.74) is 7.63. The Kier molecular flexibility index (Phi) is 4.64. The molecule has 3 aromatic rings. The lowest BCUT2D eigenvalue weighted by molar-refractivity contribution is -0.115. The number of anilines is 3. The summed E-state index contributed by atoms with van der Waals surface area (Å²) in [7, 11) is 0. The molecule has 2 heterocycles. The molecule has 26 heavy (non-hydrogen) atoms. The number of thiazole rings is 1. The Balaban J connectivity index is 1.50. The van der Waals surface area contributed by atoms with Crippen LogP contribution in [0.1, 0.15) is 31.5 Å². The molecule has 0 bridgehead atoms. The van der Waals surface area contributed by atoms with Crippen LogP contribution in [0, 0.1) is 0 Å². The van der Waals surface area contributed by atoms with Crippen LogP contribution in [-0.2, 0) is 10.5 Å². The van der Waals surface area contributed by atoms with E-state index in [4.69, 9.17) is 5.73 Å². The molecule has 0 saturated heterocycles. The molecule has 134 valence electrons. The number of nitrogen functional groups attached to an aromatic ring is 1. The molecule has 2 aromatic heterocycles. The summed E-state index contributed by atoms with van der Waals surface area (Å²) in [6, 6.07) is 9.98. The predicted molar refractivity (Wildman–Crippen MR) is 104 cm³/mol. The molecule has 1 amide bonds. The molecule has 1 fully saturated rings. The number of hydrogen-bond acceptors (Lipinski definition) is 7. The van der Waals surface area contributed by atoms with Crippen molar-refractivity contribution in [1.82, 2.24) is 19.7 Å². The SMILES string of the molecule is CC(=O)N(c1ccccc1)c1nc(CSc2nnc(N)n2C2CC2)cs1. The normalized spacial score (nSPS) is 13.7. The van der Waals surface area contributed by atoms with Gasteiger partial charge < -0.3 is 5.73 Å². The van der Waals surface area contributed by atoms with Gasteiger partial charge in [0.25, 0.3) is 0 Å². The molecule has 0 spiro atoms. The minimum atomic E-state index is -0.0639. The third-order valence-electron chi connectivity index (χ3n) is 4.01. The second kappa shape index (κ2) is 7.08. The van der Waals surface area contributed by atoms with Crippen molar-refractivity contribution in [3.63, 3.8) is 0 Å². The van der Waals surface area contributed by atoms with Crippen LogP contribution in [-0.4, -0.2) is 25.7 Å². The third-order valence-corrected chi connectivity index (χ3v) is 5.86. The smallest absolute Gasteiger partial charge is 0.230 e. The number of nitrogens with two attached hydrogens (primary N) is 1. The van der Waals surface area contributed by atoms with E-state index in [-0.39, 0.29) is 5.91 Å². The topological polar surface area (TPSA) is 89.9 Å². The maximum absolute atomic E-state index is 12.1. The monoisotopic (exact) mass is 386 g/mol. The van der Waals surface area contributed by atoms with E-state index in [1.54, 1.807) is 23.6 Å². The highest BCUT2D eigenvalue weighted by Gasteiger charge is 2.29. The molecule has 0 unspecified atom stereocenters. The zero-order valence-electron chi connectivity index (χ0n) is 14.2. The van der Waals surface area contributed by atoms with Crippen molar-refractivity contribution in [2.75, 3.05) is 10.6 Å². The summed E-state index contributed by atoms with van der Waals surface area (Å²) in [6.07, 6.45) is 2.25. The lowest BCUT2D eigenvalue weighted by Gasteiger charge is -2.17. The van der Waals surface area contributed by atoms with Gasteiger partial charge in [-0.25, -0.2) is 4.98 Å². The third kappa shape index (κ3) is 3.45. The Hall–Kier alpha value is -2.39. The number of benzene rings is 1. The largest absolute Gasteiger partial charge is 0.368 e. The summed E-state index contributed by atoms with van der Waals surface area (Å²) in [6.45, 7) is 1.55. The molecule has 0 atom stereocenters. The van der Waals surface area contributed by atoms with Crippen molar-refractivity contribution in [2.24, 2.45) is 0 Å². The van der Waals surface area contributed by atoms with Gasteiger partial charge in [-0.1, -0.05) is 30.0 Å². The van der Waals surface area contributed by atoms with Gasteiger partial charge in [-0.05, 0) is 25.0 Å². The molecular weight excluding hydrogens is 368 g/mol. The van der Waals surface area contributed by atoms with Crippen LogP contribution in [0.5, 0.6) is 0 Å². The number of carbonyl (C=O) groups excluding carboxylic acids is 1. The molecule has 1 aliphatic rings. The van der Waals surface area contributed by atoms with Gasteiger partial charge in [0, 0.05) is 24.1 Å². The van der Waals surface area contributed by atoms with Gasteiger partial charge in [-0.3, -0.25) is 14.3 Å². The van der Waals surface area contributed by atoms with Crippen LogP contribution in [0.3, 0.4) is 0 Å². The lowest BCUT2D eigenvalue weighted by Crippen LogP contribution is -2.22. The Labute approximate surface area is 159 Å². The average molecular weight is 387 g/mol. The zero-order valence-corrected chi connectivity index (χ0v) is 15.8. The van der Waals surface area contributed by atoms with Crippen LogP contribution in [0.15, 0.2) is 40.9 Å². The van der Waals surface area contributed by atoms with Crippen LogP contribution in [0.2, 0.25) is 0 Å². The van der Waals surface area contributed by atoms with Gasteiger partial charge in [-0.2, -0.15) is 0 Å². The van der Waals surface area contributed by atoms with E-state index in [2.05, 4.69) is 15.2 Å². The molecule has 0 aliphatic heterocycles. The van der Waals surface area contributed by atoms with Gasteiger partial charge in [0.2, 0.25) is 11.9 Å². The van der Waals surface area contributed by atoms with Crippen molar-refractivity contribution in [3.05, 3.63) is 41.4 Å². The molecular formula is C17H18N6OS2. The Bertz CT molecular complexity index is 918. The van der Waals surface area contributed by atoms with Crippen molar-refractivity contribution >= 4 is 45.8 Å². The molecule has 0 radical (unpaired) electrons. The second-order valence-corrected chi connectivity index (χ2v) is 7.82. The maximum Gasteiger partial charge on any atom is 0.230 e. The standard InChI is InChI=1S/C17H18N6OS2/c1-11(24)22(13-5-3-2-4-6-13)16-19-12(9-25-16)10-26-17-21-20-15(18)23(17)14-7-8-14/h2-6,9,14H,7-8,10H2,1H3,(H2,18,20). The van der Waals surface area contributed by atoms with Crippen LogP contribution >= 0.6 is 23.1 Å². The number of hydrogen-bond donors (Lipinski definition) is 1. The van der Waals surface area contributed by atoms with Crippen molar-refractivity contribution in [2.45, 2.75) is 36.7 Å². The molecule has 1 saturated carbocycles.